The average molecular weight is 255 g/mol. The molecule has 7 heteroatoms. The zero-order valence-corrected chi connectivity index (χ0v) is 9.65. The van der Waals surface area contributed by atoms with Crippen LogP contribution in [-0.4, -0.2) is 23.3 Å². The molecule has 1 aromatic rings. The van der Waals surface area contributed by atoms with Gasteiger partial charge in [-0.25, -0.2) is 4.98 Å². The van der Waals surface area contributed by atoms with Crippen LogP contribution < -0.4 is 16.4 Å². The van der Waals surface area contributed by atoms with Gasteiger partial charge in [0.05, 0.1) is 16.6 Å². The van der Waals surface area contributed by atoms with E-state index in [0.717, 1.165) is 0 Å². The zero-order chi connectivity index (χ0) is 12.6. The summed E-state index contributed by atoms with van der Waals surface area (Å²) < 4.78 is 0. The molecule has 2 amide bonds. The third-order valence-electron chi connectivity index (χ3n) is 2.64. The number of nitrogen functional groups attached to an aromatic ring is 1. The number of nitrogens with two attached hydrogens (primary N) is 2. The van der Waals surface area contributed by atoms with Gasteiger partial charge >= 0.3 is 0 Å². The third-order valence-corrected chi connectivity index (χ3v) is 2.85. The second-order valence-corrected chi connectivity index (χ2v) is 4.31. The fraction of sp³-hybridized carbons (Fsp3) is 0.300. The van der Waals surface area contributed by atoms with Crippen molar-refractivity contribution >= 4 is 34.9 Å². The van der Waals surface area contributed by atoms with Crippen LogP contribution in [0.5, 0.6) is 0 Å². The van der Waals surface area contributed by atoms with Crippen molar-refractivity contribution in [3.8, 4) is 0 Å². The largest absolute Gasteiger partial charge is 0.396 e. The number of carbonyl (C=O) groups is 2. The molecule has 0 bridgehead atoms. The lowest BCUT2D eigenvalue weighted by Crippen LogP contribution is -2.29. The van der Waals surface area contributed by atoms with Crippen molar-refractivity contribution in [2.24, 2.45) is 11.7 Å². The van der Waals surface area contributed by atoms with Gasteiger partial charge in [0.1, 0.15) is 0 Å². The number of hydrogen-bond donors (Lipinski definition) is 2. The van der Waals surface area contributed by atoms with Gasteiger partial charge in [-0.3, -0.25) is 14.5 Å². The molecule has 0 aliphatic carbocycles. The van der Waals surface area contributed by atoms with Crippen molar-refractivity contribution in [2.75, 3.05) is 17.2 Å². The number of rotatable bonds is 2. The van der Waals surface area contributed by atoms with Gasteiger partial charge in [0.25, 0.3) is 0 Å². The molecule has 1 unspecified atom stereocenters. The molecule has 0 spiro atoms. The van der Waals surface area contributed by atoms with Crippen LogP contribution in [-0.2, 0) is 9.59 Å². The summed E-state index contributed by atoms with van der Waals surface area (Å²) in [6.45, 7) is 0.215. The molecular formula is C10H11ClN4O2. The zero-order valence-electron chi connectivity index (χ0n) is 8.89. The Morgan fingerprint density at radius 3 is 2.82 bits per heavy atom. The van der Waals surface area contributed by atoms with E-state index in [0.29, 0.717) is 16.5 Å². The van der Waals surface area contributed by atoms with Gasteiger partial charge in [0.2, 0.25) is 11.8 Å². The lowest BCUT2D eigenvalue weighted by Gasteiger charge is -2.16. The first-order valence-electron chi connectivity index (χ1n) is 4.99. The normalized spacial score (nSPS) is 19.7. The van der Waals surface area contributed by atoms with Crippen molar-refractivity contribution in [1.29, 1.82) is 0 Å². The Bertz CT molecular complexity index is 491. The number of primary amides is 1. The molecule has 1 saturated heterocycles. The highest BCUT2D eigenvalue weighted by atomic mass is 35.5. The van der Waals surface area contributed by atoms with Gasteiger partial charge in [-0.15, -0.1) is 0 Å². The average Bonchev–Trinajstić information content (AvgIpc) is 2.61. The Morgan fingerprint density at radius 2 is 2.29 bits per heavy atom. The molecule has 17 heavy (non-hydrogen) atoms. The van der Waals surface area contributed by atoms with E-state index >= 15 is 0 Å². The summed E-state index contributed by atoms with van der Waals surface area (Å²) in [6.07, 6.45) is 1.50. The number of halogens is 1. The topological polar surface area (TPSA) is 102 Å². The summed E-state index contributed by atoms with van der Waals surface area (Å²) in [5.41, 5.74) is 11.2. The first-order valence-corrected chi connectivity index (χ1v) is 5.37. The highest BCUT2D eigenvalue weighted by Gasteiger charge is 2.35. The second kappa shape index (κ2) is 4.21. The maximum absolute atomic E-state index is 11.7. The number of hydrogen-bond acceptors (Lipinski definition) is 4. The molecule has 2 rings (SSSR count). The van der Waals surface area contributed by atoms with Crippen LogP contribution in [0.1, 0.15) is 6.42 Å². The quantitative estimate of drug-likeness (QED) is 0.784. The Kier molecular flexibility index (Phi) is 2.89. The van der Waals surface area contributed by atoms with Gasteiger partial charge in [-0.05, 0) is 6.07 Å². The fourth-order valence-electron chi connectivity index (χ4n) is 1.78. The second-order valence-electron chi connectivity index (χ2n) is 3.87. The molecule has 1 aliphatic heterocycles. The van der Waals surface area contributed by atoms with Crippen LogP contribution >= 0.6 is 11.6 Å². The van der Waals surface area contributed by atoms with Gasteiger partial charge < -0.3 is 11.5 Å². The third kappa shape index (κ3) is 2.16. The number of carbonyl (C=O) groups excluding carboxylic acids is 2. The summed E-state index contributed by atoms with van der Waals surface area (Å²) in [5, 5.41) is 0.393. The predicted octanol–water partition coefficient (Wildman–Crippen LogP) is 0.155. The Morgan fingerprint density at radius 1 is 1.59 bits per heavy atom. The van der Waals surface area contributed by atoms with E-state index in [1.807, 2.05) is 0 Å². The molecule has 0 radical (unpaired) electrons. The summed E-state index contributed by atoms with van der Waals surface area (Å²) in [7, 11) is 0. The lowest BCUT2D eigenvalue weighted by molar-refractivity contribution is -0.123. The van der Waals surface area contributed by atoms with E-state index in [1.165, 1.54) is 17.2 Å². The van der Waals surface area contributed by atoms with Crippen LogP contribution in [0.25, 0.3) is 0 Å². The van der Waals surface area contributed by atoms with Crippen molar-refractivity contribution < 1.29 is 9.59 Å². The molecule has 0 saturated carbocycles. The van der Waals surface area contributed by atoms with E-state index in [4.69, 9.17) is 23.1 Å². The molecule has 4 N–H and O–H groups in total. The smallest absolute Gasteiger partial charge is 0.229 e. The minimum Gasteiger partial charge on any atom is -0.396 e. The van der Waals surface area contributed by atoms with E-state index in [2.05, 4.69) is 4.98 Å². The molecule has 1 aromatic heterocycles. The Hall–Kier alpha value is -1.82. The van der Waals surface area contributed by atoms with E-state index in [-0.39, 0.29) is 18.9 Å². The van der Waals surface area contributed by atoms with Crippen LogP contribution in [0.15, 0.2) is 12.3 Å². The maximum atomic E-state index is 11.7. The molecular weight excluding hydrogens is 244 g/mol. The minimum absolute atomic E-state index is 0.0963. The number of nitrogens with zero attached hydrogens (tertiary/aromatic N) is 2. The molecule has 0 aromatic carbocycles. The Balaban J connectivity index is 2.29. The highest BCUT2D eigenvalue weighted by Crippen LogP contribution is 2.29. The van der Waals surface area contributed by atoms with Crippen molar-refractivity contribution in [3.05, 3.63) is 17.3 Å². The first-order chi connectivity index (χ1) is 7.99. The molecule has 6 nitrogen and oxygen atoms in total. The van der Waals surface area contributed by atoms with Crippen molar-refractivity contribution in [3.63, 3.8) is 0 Å². The van der Waals surface area contributed by atoms with E-state index in [9.17, 15) is 9.59 Å². The lowest BCUT2D eigenvalue weighted by atomic mass is 10.1. The summed E-state index contributed by atoms with van der Waals surface area (Å²) in [4.78, 5) is 28.1. The molecule has 2 heterocycles. The van der Waals surface area contributed by atoms with Crippen LogP contribution in [0.3, 0.4) is 0 Å². The SMILES string of the molecule is NC(=O)C1CC(=O)N(c2ncc(Cl)cc2N)C1. The molecule has 1 aliphatic rings. The van der Waals surface area contributed by atoms with E-state index in [1.54, 1.807) is 0 Å². The monoisotopic (exact) mass is 254 g/mol. The summed E-state index contributed by atoms with van der Waals surface area (Å²) in [6, 6.07) is 1.51. The molecule has 1 fully saturated rings. The number of amides is 2. The number of aromatic nitrogens is 1. The number of pyridine rings is 1. The fourth-order valence-corrected chi connectivity index (χ4v) is 1.94. The number of anilines is 2. The molecule has 1 atom stereocenters. The van der Waals surface area contributed by atoms with Crippen LogP contribution in [0.4, 0.5) is 11.5 Å². The summed E-state index contributed by atoms with van der Waals surface area (Å²) >= 11 is 5.72. The first kappa shape index (κ1) is 11.7. The highest BCUT2D eigenvalue weighted by molar-refractivity contribution is 6.30. The van der Waals surface area contributed by atoms with E-state index < -0.39 is 11.8 Å². The van der Waals surface area contributed by atoms with Gasteiger partial charge in [0.15, 0.2) is 5.82 Å². The standard InChI is InChI=1S/C10H11ClN4O2/c11-6-2-7(12)10(14-3-6)15-4-5(9(13)17)1-8(15)16/h2-3,5H,1,4,12H2,(H2,13,17). The van der Waals surface area contributed by atoms with Crippen molar-refractivity contribution in [2.45, 2.75) is 6.42 Å². The van der Waals surface area contributed by atoms with Crippen molar-refractivity contribution in [1.82, 2.24) is 4.98 Å². The maximum Gasteiger partial charge on any atom is 0.229 e. The molecule has 90 valence electrons. The minimum atomic E-state index is -0.492. The van der Waals surface area contributed by atoms with Gasteiger partial charge in [0, 0.05) is 19.2 Å². The van der Waals surface area contributed by atoms with Gasteiger partial charge in [-0.1, -0.05) is 11.6 Å². The van der Waals surface area contributed by atoms with Gasteiger partial charge in [-0.2, -0.15) is 0 Å². The Labute approximate surface area is 103 Å². The summed E-state index contributed by atoms with van der Waals surface area (Å²) in [5.74, 6) is -0.869. The van der Waals surface area contributed by atoms with Crippen LogP contribution in [0.2, 0.25) is 5.02 Å². The van der Waals surface area contributed by atoms with Crippen LogP contribution in [0, 0.1) is 5.92 Å². The predicted molar refractivity (Wildman–Crippen MR) is 63.3 cm³/mol.